The zero-order valence-electron chi connectivity index (χ0n) is 11.3. The van der Waals surface area contributed by atoms with Crippen LogP contribution >= 0.6 is 9.24 Å². The molecular weight excluding hydrogens is 249 g/mol. The molecule has 0 aromatic heterocycles. The molecule has 0 saturated carbocycles. The summed E-state index contributed by atoms with van der Waals surface area (Å²) in [6, 6.07) is 12.9. The van der Waals surface area contributed by atoms with E-state index in [0.29, 0.717) is 5.92 Å². The van der Waals surface area contributed by atoms with Gasteiger partial charge in [0.15, 0.2) is 0 Å². The minimum atomic E-state index is 0.472. The van der Waals surface area contributed by atoms with Crippen molar-refractivity contribution in [1.82, 2.24) is 0 Å². The molecule has 1 unspecified atom stereocenters. The van der Waals surface area contributed by atoms with Crippen LogP contribution in [0.1, 0.15) is 41.5 Å². The van der Waals surface area contributed by atoms with E-state index in [2.05, 4.69) is 46.5 Å². The van der Waals surface area contributed by atoms with Crippen molar-refractivity contribution in [2.75, 3.05) is 5.73 Å². The molecule has 2 aromatic carbocycles. The molecule has 0 heterocycles. The standard InChI is InChI=1S/C17H20NP/c1-2-11-5-3-7-14(18)16(11)13-10-9-12-6-4-8-15(19)17(12)13/h3-8,13H,2,9-10,18-19H2,1H3/t13-/m1/s1. The van der Waals surface area contributed by atoms with Gasteiger partial charge in [-0.1, -0.05) is 37.3 Å². The lowest BCUT2D eigenvalue weighted by Gasteiger charge is -2.20. The Morgan fingerprint density at radius 3 is 2.74 bits per heavy atom. The van der Waals surface area contributed by atoms with Gasteiger partial charge in [-0.3, -0.25) is 0 Å². The number of benzene rings is 2. The summed E-state index contributed by atoms with van der Waals surface area (Å²) in [5, 5.41) is 1.32. The first-order chi connectivity index (χ1) is 9.22. The Balaban J connectivity index is 2.17. The topological polar surface area (TPSA) is 26.0 Å². The number of aryl methyl sites for hydroxylation is 2. The van der Waals surface area contributed by atoms with Gasteiger partial charge in [-0.2, -0.15) is 0 Å². The third kappa shape index (κ3) is 2.07. The van der Waals surface area contributed by atoms with Gasteiger partial charge in [0.2, 0.25) is 0 Å². The molecule has 2 N–H and O–H groups in total. The smallest absolute Gasteiger partial charge is 0.0355 e. The molecule has 19 heavy (non-hydrogen) atoms. The van der Waals surface area contributed by atoms with Crippen LogP contribution in [0, 0.1) is 0 Å². The van der Waals surface area contributed by atoms with Crippen LogP contribution in [0.15, 0.2) is 36.4 Å². The van der Waals surface area contributed by atoms with Crippen molar-refractivity contribution in [3.05, 3.63) is 58.7 Å². The Morgan fingerprint density at radius 2 is 1.95 bits per heavy atom. The third-order valence-electron chi connectivity index (χ3n) is 4.24. The second-order valence-electron chi connectivity index (χ2n) is 5.28. The number of rotatable bonds is 2. The molecule has 0 fully saturated rings. The van der Waals surface area contributed by atoms with Gasteiger partial charge in [-0.05, 0) is 52.9 Å². The van der Waals surface area contributed by atoms with Crippen molar-refractivity contribution in [3.8, 4) is 0 Å². The van der Waals surface area contributed by atoms with Crippen molar-refractivity contribution < 1.29 is 0 Å². The van der Waals surface area contributed by atoms with E-state index in [1.54, 1.807) is 0 Å². The first-order valence-electron chi connectivity index (χ1n) is 6.97. The Hall–Kier alpha value is -1.33. The molecule has 3 rings (SSSR count). The zero-order valence-corrected chi connectivity index (χ0v) is 12.5. The van der Waals surface area contributed by atoms with Crippen LogP contribution in [0.3, 0.4) is 0 Å². The summed E-state index contributed by atoms with van der Waals surface area (Å²) in [5.74, 6) is 0.472. The highest BCUT2D eigenvalue weighted by Crippen LogP contribution is 2.41. The van der Waals surface area contributed by atoms with Crippen molar-refractivity contribution in [2.24, 2.45) is 0 Å². The Labute approximate surface area is 117 Å². The van der Waals surface area contributed by atoms with Gasteiger partial charge in [-0.15, -0.1) is 9.24 Å². The SMILES string of the molecule is CCc1cccc(N)c1[C@H]1CCc2cccc(P)c21. The molecule has 1 aliphatic rings. The van der Waals surface area contributed by atoms with Crippen molar-refractivity contribution in [3.63, 3.8) is 0 Å². The van der Waals surface area contributed by atoms with Gasteiger partial charge < -0.3 is 5.73 Å². The number of nitrogen functional groups attached to an aromatic ring is 1. The van der Waals surface area contributed by atoms with Crippen LogP contribution in [0.2, 0.25) is 0 Å². The third-order valence-corrected chi connectivity index (χ3v) is 4.74. The van der Waals surface area contributed by atoms with Gasteiger partial charge in [-0.25, -0.2) is 0 Å². The summed E-state index contributed by atoms with van der Waals surface area (Å²) >= 11 is 0. The van der Waals surface area contributed by atoms with Gasteiger partial charge >= 0.3 is 0 Å². The van der Waals surface area contributed by atoms with E-state index in [9.17, 15) is 0 Å². The Bertz CT molecular complexity index is 619. The second-order valence-corrected chi connectivity index (χ2v) is 5.91. The van der Waals surface area contributed by atoms with Crippen molar-refractivity contribution in [2.45, 2.75) is 32.1 Å². The van der Waals surface area contributed by atoms with Crippen molar-refractivity contribution in [1.29, 1.82) is 0 Å². The zero-order chi connectivity index (χ0) is 13.4. The summed E-state index contributed by atoms with van der Waals surface area (Å²) < 4.78 is 0. The molecule has 0 saturated heterocycles. The van der Waals surface area contributed by atoms with Gasteiger partial charge in [0.25, 0.3) is 0 Å². The van der Waals surface area contributed by atoms with Crippen LogP contribution < -0.4 is 11.0 Å². The van der Waals surface area contributed by atoms with Gasteiger partial charge in [0.1, 0.15) is 0 Å². The Kier molecular flexibility index (Phi) is 3.33. The second kappa shape index (κ2) is 4.98. The molecule has 0 amide bonds. The summed E-state index contributed by atoms with van der Waals surface area (Å²) in [4.78, 5) is 0. The molecule has 0 aliphatic heterocycles. The lowest BCUT2D eigenvalue weighted by molar-refractivity contribution is 0.781. The van der Waals surface area contributed by atoms with Crippen LogP contribution in [-0.2, 0) is 12.8 Å². The van der Waals surface area contributed by atoms with Crippen molar-refractivity contribution >= 4 is 20.2 Å². The van der Waals surface area contributed by atoms with Crippen LogP contribution in [0.25, 0.3) is 0 Å². The van der Waals surface area contributed by atoms with E-state index in [0.717, 1.165) is 12.1 Å². The maximum absolute atomic E-state index is 6.28. The van der Waals surface area contributed by atoms with E-state index >= 15 is 0 Å². The van der Waals surface area contributed by atoms with E-state index < -0.39 is 0 Å². The minimum absolute atomic E-state index is 0.472. The maximum atomic E-state index is 6.28. The number of hydrogen-bond acceptors (Lipinski definition) is 1. The fourth-order valence-corrected chi connectivity index (χ4v) is 3.87. The molecule has 2 heteroatoms. The monoisotopic (exact) mass is 269 g/mol. The minimum Gasteiger partial charge on any atom is -0.398 e. The van der Waals surface area contributed by atoms with Gasteiger partial charge in [0, 0.05) is 11.6 Å². The average Bonchev–Trinajstić information content (AvgIpc) is 2.83. The van der Waals surface area contributed by atoms with Gasteiger partial charge in [0.05, 0.1) is 0 Å². The molecule has 2 aromatic rings. The molecule has 2 atom stereocenters. The first-order valence-corrected chi connectivity index (χ1v) is 7.54. The van der Waals surface area contributed by atoms with E-state index in [4.69, 9.17) is 5.73 Å². The molecule has 0 radical (unpaired) electrons. The van der Waals surface area contributed by atoms with Crippen LogP contribution in [0.5, 0.6) is 0 Å². The predicted octanol–water partition coefficient (Wildman–Crippen LogP) is 3.41. The van der Waals surface area contributed by atoms with E-state index in [1.165, 1.54) is 40.4 Å². The molecule has 0 spiro atoms. The highest BCUT2D eigenvalue weighted by Gasteiger charge is 2.28. The quantitative estimate of drug-likeness (QED) is 0.656. The Morgan fingerprint density at radius 1 is 1.16 bits per heavy atom. The number of hydrogen-bond donors (Lipinski definition) is 1. The summed E-state index contributed by atoms with van der Waals surface area (Å²) in [6.07, 6.45) is 3.40. The fourth-order valence-electron chi connectivity index (χ4n) is 3.37. The number of fused-ring (bicyclic) bond motifs is 1. The molecule has 98 valence electrons. The summed E-state index contributed by atoms with van der Waals surface area (Å²) in [5.41, 5.74) is 13.0. The fraction of sp³-hybridized carbons (Fsp3) is 0.294. The number of anilines is 1. The normalized spacial score (nSPS) is 17.5. The molecule has 1 nitrogen and oxygen atoms in total. The maximum Gasteiger partial charge on any atom is 0.0355 e. The summed E-state index contributed by atoms with van der Waals surface area (Å²) in [6.45, 7) is 2.21. The highest BCUT2D eigenvalue weighted by atomic mass is 31.0. The van der Waals surface area contributed by atoms with E-state index in [-0.39, 0.29) is 0 Å². The average molecular weight is 269 g/mol. The van der Waals surface area contributed by atoms with E-state index in [1.807, 2.05) is 6.07 Å². The number of nitrogens with two attached hydrogens (primary N) is 1. The van der Waals surface area contributed by atoms with Crippen LogP contribution in [-0.4, -0.2) is 0 Å². The predicted molar refractivity (Wildman–Crippen MR) is 86.2 cm³/mol. The molecular formula is C17H20NP. The summed E-state index contributed by atoms with van der Waals surface area (Å²) in [7, 11) is 2.89. The lowest BCUT2D eigenvalue weighted by Crippen LogP contribution is -2.10. The first kappa shape index (κ1) is 12.7. The largest absolute Gasteiger partial charge is 0.398 e. The lowest BCUT2D eigenvalue weighted by atomic mass is 9.87. The molecule has 0 bridgehead atoms. The highest BCUT2D eigenvalue weighted by molar-refractivity contribution is 7.27. The van der Waals surface area contributed by atoms with Crippen LogP contribution in [0.4, 0.5) is 5.69 Å². The molecule has 1 aliphatic carbocycles.